The van der Waals surface area contributed by atoms with E-state index in [2.05, 4.69) is 20.6 Å². The predicted octanol–water partition coefficient (Wildman–Crippen LogP) is 1.55. The minimum atomic E-state index is -0.664. The number of Topliss-reactive ketones (excluding diaryl/α,β-unsaturated/α-hetero) is 1. The summed E-state index contributed by atoms with van der Waals surface area (Å²) in [5.41, 5.74) is 11.5. The van der Waals surface area contributed by atoms with Gasteiger partial charge in [-0.2, -0.15) is 0 Å². The van der Waals surface area contributed by atoms with Gasteiger partial charge in [0.1, 0.15) is 0 Å². The Morgan fingerprint density at radius 2 is 2.14 bits per heavy atom. The second kappa shape index (κ2) is 11.2. The van der Waals surface area contributed by atoms with Crippen molar-refractivity contribution < 1.29 is 53.7 Å². The summed E-state index contributed by atoms with van der Waals surface area (Å²) in [6.45, 7) is 1.09. The van der Waals surface area contributed by atoms with E-state index in [1.807, 2.05) is 24.3 Å². The van der Waals surface area contributed by atoms with Gasteiger partial charge in [-0.3, -0.25) is 14.6 Å². The maximum atomic E-state index is 13.0. The molecule has 1 radical (unpaired) electrons. The molecule has 0 bridgehead atoms. The zero-order valence-corrected chi connectivity index (χ0v) is 21.1. The fourth-order valence-electron chi connectivity index (χ4n) is 3.00. The first-order valence-electron chi connectivity index (χ1n) is 8.97. The van der Waals surface area contributed by atoms with Crippen molar-refractivity contribution in [2.75, 3.05) is 13.1 Å². The van der Waals surface area contributed by atoms with E-state index in [-0.39, 0.29) is 67.8 Å². The third-order valence-corrected chi connectivity index (χ3v) is 5.42. The van der Waals surface area contributed by atoms with Crippen LogP contribution in [0.5, 0.6) is 0 Å². The van der Waals surface area contributed by atoms with Crippen LogP contribution in [0.25, 0.3) is 15.5 Å². The van der Waals surface area contributed by atoms with Crippen LogP contribution in [0.15, 0.2) is 29.3 Å². The Morgan fingerprint density at radius 3 is 2.82 bits per heavy atom. The van der Waals surface area contributed by atoms with Gasteiger partial charge in [0.2, 0.25) is 11.7 Å². The number of fused-ring (bicyclic) bond motifs is 1. The number of benzene rings is 1. The molecule has 0 saturated carbocycles. The molecule has 28 heavy (non-hydrogen) atoms. The minimum absolute atomic E-state index is 0. The number of guanidine groups is 1. The van der Waals surface area contributed by atoms with Crippen molar-refractivity contribution >= 4 is 39.2 Å². The Bertz CT molecular complexity index is 812. The first kappa shape index (κ1) is 23.2. The number of hydrogen-bond acceptors (Lipinski definition) is 5. The molecule has 3 rings (SSSR count). The van der Waals surface area contributed by atoms with Crippen LogP contribution in [0.1, 0.15) is 35.5 Å². The number of ketones is 1. The maximum absolute atomic E-state index is 13.0. The van der Waals surface area contributed by atoms with Crippen LogP contribution in [-0.2, 0) is 4.79 Å². The molecule has 1 amide bonds. The summed E-state index contributed by atoms with van der Waals surface area (Å²) in [7, 11) is 0. The summed E-state index contributed by atoms with van der Waals surface area (Å²) >= 11 is 1.33. The Labute approximate surface area is 203 Å². The Kier molecular flexibility index (Phi) is 9.28. The van der Waals surface area contributed by atoms with Crippen LogP contribution in [0.4, 0.5) is 0 Å². The van der Waals surface area contributed by atoms with Crippen LogP contribution >= 0.6 is 11.3 Å². The fraction of sp³-hybridized carbons (Fsp3) is 0.444. The first-order valence-corrected chi connectivity index (χ1v) is 9.78. The summed E-state index contributed by atoms with van der Waals surface area (Å²) in [6, 6.07) is 6.55. The van der Waals surface area contributed by atoms with Crippen molar-refractivity contribution in [2.24, 2.45) is 16.5 Å². The van der Waals surface area contributed by atoms with Crippen molar-refractivity contribution in [3.05, 3.63) is 34.6 Å². The quantitative estimate of drug-likeness (QED) is 0.179. The molecule has 5 N–H and O–H groups in total. The fourth-order valence-corrected chi connectivity index (χ4v) is 3.96. The average Bonchev–Trinajstić information content (AvgIpc) is 3.32. The molecule has 10 heteroatoms. The smallest absolute Gasteiger partial charge is 0.213 e. The molecule has 1 aromatic carbocycles. The number of aromatic nitrogens is 1. The zero-order valence-electron chi connectivity index (χ0n) is 15.5. The number of hydrogen-bond donors (Lipinski definition) is 3. The Balaban J connectivity index is 0.00000280. The molecule has 2 aromatic rings. The number of thiazole rings is 1. The monoisotopic (exact) mass is 614 g/mol. The molecule has 8 nitrogen and oxygen atoms in total. The summed E-state index contributed by atoms with van der Waals surface area (Å²) in [5.74, 6) is -0.376. The molecule has 1 aromatic heterocycles. The van der Waals surface area contributed by atoms with Crippen LogP contribution in [-0.4, -0.2) is 47.8 Å². The normalized spacial score (nSPS) is 16.9. The molecule has 1 aliphatic heterocycles. The standard InChI is InChI=1S/C18H23N6O2S.Ac/c19-18(20)22-10-3-6-12(23-16(26)13-7-4-9-21-13)15(25)17-24-11-5-1-2-8-14(11)27-17;/h1-2,5,8,12-13H,3-4,6-7,9-10H2,(H,23,26)(H4,19,20,22);/q-1;/t12?,13-;/m0./s1. The largest absolute Gasteiger partial charge is 0.652 e. The van der Waals surface area contributed by atoms with Gasteiger partial charge in [-0.15, -0.1) is 17.9 Å². The topological polar surface area (TPSA) is 138 Å². The SMILES string of the molecule is NC(N)=NCCCC(NC(=O)[C@@H]1CCC[N-]1)C(=O)c1nc2ccccc2s1.[Ac]. The number of nitrogens with two attached hydrogens (primary N) is 2. The Hall–Kier alpha value is -1.08. The summed E-state index contributed by atoms with van der Waals surface area (Å²) < 4.78 is 0.942. The third kappa shape index (κ3) is 6.21. The average molecular weight is 614 g/mol. The molecule has 1 unspecified atom stereocenters. The second-order valence-electron chi connectivity index (χ2n) is 6.43. The van der Waals surface area contributed by atoms with Crippen LogP contribution in [0, 0.1) is 44.1 Å². The number of nitrogens with one attached hydrogen (secondary N) is 1. The van der Waals surface area contributed by atoms with Gasteiger partial charge in [0.15, 0.2) is 11.0 Å². The van der Waals surface area contributed by atoms with E-state index in [0.717, 1.165) is 23.1 Å². The van der Waals surface area contributed by atoms with Crippen molar-refractivity contribution in [1.29, 1.82) is 0 Å². The molecular weight excluding hydrogens is 591 g/mol. The maximum Gasteiger partial charge on any atom is 0.213 e. The minimum Gasteiger partial charge on any atom is -0.652 e. The number of aliphatic imine (C=N–C) groups is 1. The van der Waals surface area contributed by atoms with E-state index in [9.17, 15) is 9.59 Å². The summed E-state index contributed by atoms with van der Waals surface area (Å²) in [5, 5.41) is 7.54. The van der Waals surface area contributed by atoms with Crippen molar-refractivity contribution in [3.63, 3.8) is 0 Å². The van der Waals surface area contributed by atoms with E-state index < -0.39 is 6.04 Å². The van der Waals surface area contributed by atoms with Crippen LogP contribution in [0.3, 0.4) is 0 Å². The van der Waals surface area contributed by atoms with Gasteiger partial charge in [0, 0.05) is 50.6 Å². The van der Waals surface area contributed by atoms with E-state index in [4.69, 9.17) is 11.5 Å². The van der Waals surface area contributed by atoms with Crippen LogP contribution in [0.2, 0.25) is 0 Å². The molecule has 1 saturated heterocycles. The molecule has 147 valence electrons. The van der Waals surface area contributed by atoms with Crippen molar-refractivity contribution in [3.8, 4) is 0 Å². The van der Waals surface area contributed by atoms with E-state index in [1.54, 1.807) is 0 Å². The van der Waals surface area contributed by atoms with Crippen LogP contribution < -0.4 is 16.8 Å². The first-order chi connectivity index (χ1) is 13.0. The summed E-state index contributed by atoms with van der Waals surface area (Å²) in [4.78, 5) is 33.8. The van der Waals surface area contributed by atoms with Crippen molar-refractivity contribution in [2.45, 2.75) is 37.8 Å². The molecule has 1 fully saturated rings. The number of para-hydroxylation sites is 1. The van der Waals surface area contributed by atoms with Gasteiger partial charge in [-0.1, -0.05) is 31.0 Å². The van der Waals surface area contributed by atoms with E-state index in [1.165, 1.54) is 11.3 Å². The number of carbonyl (C=O) groups is 2. The van der Waals surface area contributed by atoms with Gasteiger partial charge in [-0.05, 0) is 25.0 Å². The third-order valence-electron chi connectivity index (χ3n) is 4.37. The summed E-state index contributed by atoms with van der Waals surface area (Å²) in [6.07, 6.45) is 2.63. The number of amides is 1. The Morgan fingerprint density at radius 1 is 1.36 bits per heavy atom. The van der Waals surface area contributed by atoms with Gasteiger partial charge < -0.3 is 22.1 Å². The molecule has 1 aliphatic rings. The van der Waals surface area contributed by atoms with Gasteiger partial charge in [-0.25, -0.2) is 4.98 Å². The number of carbonyl (C=O) groups excluding carboxylic acids is 2. The molecular formula is C18H23AcN6O2S-. The van der Waals surface area contributed by atoms with E-state index in [0.29, 0.717) is 30.9 Å². The van der Waals surface area contributed by atoms with Gasteiger partial charge >= 0.3 is 0 Å². The van der Waals surface area contributed by atoms with Gasteiger partial charge in [0.25, 0.3) is 0 Å². The number of rotatable bonds is 8. The molecule has 2 heterocycles. The zero-order chi connectivity index (χ0) is 19.2. The number of nitrogens with zero attached hydrogens (tertiary/aromatic N) is 3. The van der Waals surface area contributed by atoms with Crippen molar-refractivity contribution in [1.82, 2.24) is 10.3 Å². The molecule has 2 atom stereocenters. The molecule has 0 aliphatic carbocycles. The molecule has 0 spiro atoms. The predicted molar refractivity (Wildman–Crippen MR) is 107 cm³/mol. The van der Waals surface area contributed by atoms with Gasteiger partial charge in [0.05, 0.1) is 16.3 Å². The second-order valence-corrected chi connectivity index (χ2v) is 7.46. The van der Waals surface area contributed by atoms with E-state index >= 15 is 0 Å².